The van der Waals surface area contributed by atoms with Crippen LogP contribution in [0.4, 0.5) is 5.95 Å². The number of ether oxygens (including phenoxy) is 1. The van der Waals surface area contributed by atoms with Crippen LogP contribution in [-0.2, 0) is 0 Å². The van der Waals surface area contributed by atoms with Gasteiger partial charge in [-0.3, -0.25) is 0 Å². The molecule has 0 saturated heterocycles. The molecule has 1 saturated carbocycles. The SMILES string of the molecule is CCCOc1ccnc(NCC2(O)CCCCCC2)n1. The predicted octanol–water partition coefficient (Wildman–Crippen LogP) is 2.76. The molecule has 0 spiro atoms. The van der Waals surface area contributed by atoms with E-state index >= 15 is 0 Å². The van der Waals surface area contributed by atoms with Crippen LogP contribution in [0.5, 0.6) is 5.88 Å². The lowest BCUT2D eigenvalue weighted by molar-refractivity contribution is 0.0379. The molecule has 5 nitrogen and oxygen atoms in total. The summed E-state index contributed by atoms with van der Waals surface area (Å²) in [5, 5.41) is 13.7. The second kappa shape index (κ2) is 7.43. The van der Waals surface area contributed by atoms with E-state index in [0.29, 0.717) is 25.0 Å². The quantitative estimate of drug-likeness (QED) is 0.784. The fourth-order valence-electron chi connectivity index (χ4n) is 2.52. The van der Waals surface area contributed by atoms with Gasteiger partial charge in [0.2, 0.25) is 11.8 Å². The van der Waals surface area contributed by atoms with Gasteiger partial charge in [-0.1, -0.05) is 32.6 Å². The third-order valence-corrected chi connectivity index (χ3v) is 3.69. The van der Waals surface area contributed by atoms with Crippen molar-refractivity contribution in [1.82, 2.24) is 9.97 Å². The van der Waals surface area contributed by atoms with Crippen molar-refractivity contribution in [2.45, 2.75) is 57.5 Å². The highest BCUT2D eigenvalue weighted by molar-refractivity contribution is 5.28. The molecule has 20 heavy (non-hydrogen) atoms. The summed E-state index contributed by atoms with van der Waals surface area (Å²) in [6, 6.07) is 1.75. The zero-order valence-corrected chi connectivity index (χ0v) is 12.3. The van der Waals surface area contributed by atoms with E-state index < -0.39 is 5.60 Å². The van der Waals surface area contributed by atoms with E-state index in [-0.39, 0.29) is 0 Å². The van der Waals surface area contributed by atoms with Crippen LogP contribution in [0.25, 0.3) is 0 Å². The van der Waals surface area contributed by atoms with E-state index in [4.69, 9.17) is 4.74 Å². The van der Waals surface area contributed by atoms with E-state index in [9.17, 15) is 5.11 Å². The van der Waals surface area contributed by atoms with Crippen molar-refractivity contribution < 1.29 is 9.84 Å². The third kappa shape index (κ3) is 4.63. The summed E-state index contributed by atoms with van der Waals surface area (Å²) in [4.78, 5) is 8.47. The maximum Gasteiger partial charge on any atom is 0.226 e. The highest BCUT2D eigenvalue weighted by Gasteiger charge is 2.27. The van der Waals surface area contributed by atoms with Crippen LogP contribution >= 0.6 is 0 Å². The Morgan fingerprint density at radius 1 is 1.30 bits per heavy atom. The molecule has 2 N–H and O–H groups in total. The fourth-order valence-corrected chi connectivity index (χ4v) is 2.52. The molecule has 0 atom stereocenters. The van der Waals surface area contributed by atoms with Crippen LogP contribution in [0.1, 0.15) is 51.9 Å². The lowest BCUT2D eigenvalue weighted by Crippen LogP contribution is -2.36. The molecule has 1 aliphatic rings. The molecule has 0 aromatic carbocycles. The zero-order valence-electron chi connectivity index (χ0n) is 12.3. The predicted molar refractivity (Wildman–Crippen MR) is 79.0 cm³/mol. The minimum Gasteiger partial charge on any atom is -0.478 e. The van der Waals surface area contributed by atoms with Gasteiger partial charge in [0.1, 0.15) is 0 Å². The lowest BCUT2D eigenvalue weighted by Gasteiger charge is -2.26. The van der Waals surface area contributed by atoms with Gasteiger partial charge in [0.25, 0.3) is 0 Å². The monoisotopic (exact) mass is 279 g/mol. The molecule has 0 aliphatic heterocycles. The topological polar surface area (TPSA) is 67.3 Å². The Hall–Kier alpha value is -1.36. The molecule has 0 radical (unpaired) electrons. The van der Waals surface area contributed by atoms with E-state index in [1.165, 1.54) is 12.8 Å². The van der Waals surface area contributed by atoms with E-state index in [1.807, 2.05) is 0 Å². The van der Waals surface area contributed by atoms with Gasteiger partial charge >= 0.3 is 0 Å². The lowest BCUT2D eigenvalue weighted by atomic mass is 9.95. The number of aliphatic hydroxyl groups is 1. The number of hydrogen-bond acceptors (Lipinski definition) is 5. The Balaban J connectivity index is 1.89. The first-order valence-corrected chi connectivity index (χ1v) is 7.64. The molecule has 2 rings (SSSR count). The van der Waals surface area contributed by atoms with E-state index in [2.05, 4.69) is 22.2 Å². The van der Waals surface area contributed by atoms with Crippen LogP contribution in [0.2, 0.25) is 0 Å². The Kier molecular flexibility index (Phi) is 5.59. The molecule has 1 heterocycles. The van der Waals surface area contributed by atoms with Crippen LogP contribution in [0.15, 0.2) is 12.3 Å². The summed E-state index contributed by atoms with van der Waals surface area (Å²) in [6.45, 7) is 3.21. The molecule has 0 unspecified atom stereocenters. The zero-order chi connectivity index (χ0) is 14.3. The van der Waals surface area contributed by atoms with Crippen LogP contribution in [-0.4, -0.2) is 33.8 Å². The summed E-state index contributed by atoms with van der Waals surface area (Å²) in [5.74, 6) is 1.11. The highest BCUT2D eigenvalue weighted by atomic mass is 16.5. The van der Waals surface area contributed by atoms with Crippen molar-refractivity contribution in [2.75, 3.05) is 18.5 Å². The molecule has 1 aromatic rings. The average molecular weight is 279 g/mol. The Morgan fingerprint density at radius 3 is 2.75 bits per heavy atom. The summed E-state index contributed by atoms with van der Waals surface area (Å²) in [7, 11) is 0. The van der Waals surface area contributed by atoms with Gasteiger partial charge in [0, 0.05) is 18.8 Å². The van der Waals surface area contributed by atoms with Crippen molar-refractivity contribution >= 4 is 5.95 Å². The van der Waals surface area contributed by atoms with Gasteiger partial charge in [-0.2, -0.15) is 4.98 Å². The summed E-state index contributed by atoms with van der Waals surface area (Å²) in [5.41, 5.74) is -0.625. The summed E-state index contributed by atoms with van der Waals surface area (Å²) in [6.07, 6.45) is 8.97. The molecule has 5 heteroatoms. The molecular weight excluding hydrogens is 254 g/mol. The first kappa shape index (κ1) is 15.0. The number of nitrogens with one attached hydrogen (secondary N) is 1. The third-order valence-electron chi connectivity index (χ3n) is 3.69. The largest absolute Gasteiger partial charge is 0.478 e. The molecular formula is C15H25N3O2. The number of anilines is 1. The second-order valence-corrected chi connectivity index (χ2v) is 5.56. The van der Waals surface area contributed by atoms with Crippen molar-refractivity contribution in [3.63, 3.8) is 0 Å². The number of hydrogen-bond donors (Lipinski definition) is 2. The number of nitrogens with zero attached hydrogens (tertiary/aromatic N) is 2. The standard InChI is InChI=1S/C15H25N3O2/c1-2-11-20-13-7-10-16-14(18-13)17-12-15(19)8-5-3-4-6-9-15/h7,10,19H,2-6,8-9,11-12H2,1H3,(H,16,17,18). The Morgan fingerprint density at radius 2 is 2.05 bits per heavy atom. The Bertz CT molecular complexity index is 404. The van der Waals surface area contributed by atoms with Crippen LogP contribution in [0, 0.1) is 0 Å². The summed E-state index contributed by atoms with van der Waals surface area (Å²) >= 11 is 0. The van der Waals surface area contributed by atoms with E-state index in [1.54, 1.807) is 12.3 Å². The normalized spacial score (nSPS) is 18.3. The number of rotatable bonds is 6. The van der Waals surface area contributed by atoms with Crippen molar-refractivity contribution in [2.24, 2.45) is 0 Å². The first-order valence-electron chi connectivity index (χ1n) is 7.64. The maximum absolute atomic E-state index is 10.6. The molecule has 1 aliphatic carbocycles. The summed E-state index contributed by atoms with van der Waals surface area (Å²) < 4.78 is 5.48. The molecule has 112 valence electrons. The van der Waals surface area contributed by atoms with Crippen molar-refractivity contribution in [1.29, 1.82) is 0 Å². The van der Waals surface area contributed by atoms with Crippen molar-refractivity contribution in [3.05, 3.63) is 12.3 Å². The van der Waals surface area contributed by atoms with E-state index in [0.717, 1.165) is 32.1 Å². The maximum atomic E-state index is 10.6. The molecule has 0 bridgehead atoms. The first-order chi connectivity index (χ1) is 9.72. The minimum absolute atomic E-state index is 0.504. The van der Waals surface area contributed by atoms with Gasteiger partial charge in [-0.05, 0) is 19.3 Å². The molecule has 1 aromatic heterocycles. The average Bonchev–Trinajstić information content (AvgIpc) is 2.69. The van der Waals surface area contributed by atoms with Crippen LogP contribution in [0.3, 0.4) is 0 Å². The van der Waals surface area contributed by atoms with Gasteiger partial charge in [-0.25, -0.2) is 4.98 Å². The fraction of sp³-hybridized carbons (Fsp3) is 0.733. The van der Waals surface area contributed by atoms with Gasteiger partial charge in [0.15, 0.2) is 0 Å². The van der Waals surface area contributed by atoms with Gasteiger partial charge < -0.3 is 15.2 Å². The molecule has 0 amide bonds. The number of aromatic nitrogens is 2. The van der Waals surface area contributed by atoms with Crippen LogP contribution < -0.4 is 10.1 Å². The minimum atomic E-state index is -0.625. The second-order valence-electron chi connectivity index (χ2n) is 5.56. The van der Waals surface area contributed by atoms with Gasteiger partial charge in [0.05, 0.1) is 12.2 Å². The highest BCUT2D eigenvalue weighted by Crippen LogP contribution is 2.27. The van der Waals surface area contributed by atoms with Gasteiger partial charge in [-0.15, -0.1) is 0 Å². The molecule has 1 fully saturated rings. The van der Waals surface area contributed by atoms with Crippen molar-refractivity contribution in [3.8, 4) is 5.88 Å². The smallest absolute Gasteiger partial charge is 0.226 e. The Labute approximate surface area is 120 Å².